The highest BCUT2D eigenvalue weighted by atomic mass is 16.4. The second-order valence-corrected chi connectivity index (χ2v) is 5.16. The summed E-state index contributed by atoms with van der Waals surface area (Å²) in [7, 11) is 0. The van der Waals surface area contributed by atoms with Crippen LogP contribution < -0.4 is 0 Å². The lowest BCUT2D eigenvalue weighted by atomic mass is 9.82. The largest absolute Gasteiger partial charge is 0.481 e. The molecule has 1 fully saturated rings. The number of hydrogen-bond donors (Lipinski definition) is 1. The number of hydrogen-bond acceptors (Lipinski definition) is 2. The maximum absolute atomic E-state index is 12.6. The number of carboxylic acid groups (broad SMARTS) is 1. The average Bonchev–Trinajstić information content (AvgIpc) is 3.09. The van der Waals surface area contributed by atoms with Crippen molar-refractivity contribution >= 4 is 11.9 Å². The molecule has 2 rings (SSSR count). The number of rotatable bonds is 6. The van der Waals surface area contributed by atoms with Gasteiger partial charge in [0.05, 0.1) is 11.8 Å². The number of allylic oxidation sites excluding steroid dienone is 2. The van der Waals surface area contributed by atoms with Crippen molar-refractivity contribution in [3.05, 3.63) is 37.5 Å². The molecule has 0 saturated heterocycles. The highest BCUT2D eigenvalue weighted by Crippen LogP contribution is 2.48. The predicted molar refractivity (Wildman–Crippen MR) is 83.7 cm³/mol. The zero-order valence-corrected chi connectivity index (χ0v) is 12.9. The van der Waals surface area contributed by atoms with Crippen LogP contribution in [0, 0.1) is 23.7 Å². The molecule has 1 saturated carbocycles. The fourth-order valence-electron chi connectivity index (χ4n) is 3.27. The zero-order chi connectivity index (χ0) is 16.0. The average molecular weight is 291 g/mol. The normalized spacial score (nSPS) is 28.5. The molecule has 2 aliphatic carbocycles. The molecule has 2 bridgehead atoms. The van der Waals surface area contributed by atoms with Gasteiger partial charge in [0.15, 0.2) is 0 Å². The standard InChI is InChI=1S/C15H19NO3.C2H6/c1-3-7-16(8-4-2)14(17)12-10-5-6-11(9-10)13(12)15(18)19;1-2/h3-6,10-13H,1-2,7-9H2,(H,18,19);1-2H3. The number of carbonyl (C=O) groups excluding carboxylic acids is 1. The minimum Gasteiger partial charge on any atom is -0.481 e. The van der Waals surface area contributed by atoms with Crippen LogP contribution in [0.25, 0.3) is 0 Å². The molecule has 116 valence electrons. The van der Waals surface area contributed by atoms with E-state index in [1.807, 2.05) is 26.0 Å². The number of aliphatic carboxylic acids is 1. The molecule has 21 heavy (non-hydrogen) atoms. The molecule has 0 spiro atoms. The predicted octanol–water partition coefficient (Wildman–Crippen LogP) is 2.74. The van der Waals surface area contributed by atoms with E-state index in [0.29, 0.717) is 13.1 Å². The van der Waals surface area contributed by atoms with Crippen LogP contribution in [0.3, 0.4) is 0 Å². The third-order valence-corrected chi connectivity index (χ3v) is 4.04. The maximum Gasteiger partial charge on any atom is 0.307 e. The molecule has 0 heterocycles. The van der Waals surface area contributed by atoms with E-state index in [0.717, 1.165) is 6.42 Å². The van der Waals surface area contributed by atoms with Crippen molar-refractivity contribution in [3.8, 4) is 0 Å². The molecule has 1 N–H and O–H groups in total. The van der Waals surface area contributed by atoms with E-state index < -0.39 is 17.8 Å². The van der Waals surface area contributed by atoms with Gasteiger partial charge in [0.25, 0.3) is 0 Å². The van der Waals surface area contributed by atoms with Gasteiger partial charge in [0.2, 0.25) is 5.91 Å². The van der Waals surface area contributed by atoms with Gasteiger partial charge in [-0.25, -0.2) is 0 Å². The Morgan fingerprint density at radius 1 is 1.14 bits per heavy atom. The number of fused-ring (bicyclic) bond motifs is 2. The van der Waals surface area contributed by atoms with Gasteiger partial charge in [-0.15, -0.1) is 13.2 Å². The SMILES string of the molecule is C=CCN(CC=C)C(=O)C1C2C=CC(C2)C1C(=O)O.CC. The zero-order valence-electron chi connectivity index (χ0n) is 12.9. The van der Waals surface area contributed by atoms with Crippen LogP contribution >= 0.6 is 0 Å². The molecular weight excluding hydrogens is 266 g/mol. The summed E-state index contributed by atoms with van der Waals surface area (Å²) in [6.45, 7) is 12.1. The molecule has 0 aromatic rings. The van der Waals surface area contributed by atoms with Crippen LogP contribution in [0.15, 0.2) is 37.5 Å². The van der Waals surface area contributed by atoms with Crippen molar-refractivity contribution in [1.82, 2.24) is 4.90 Å². The highest BCUT2D eigenvalue weighted by Gasteiger charge is 2.52. The van der Waals surface area contributed by atoms with Gasteiger partial charge in [-0.3, -0.25) is 9.59 Å². The third kappa shape index (κ3) is 3.43. The Hall–Kier alpha value is -1.84. The molecule has 2 aliphatic rings. The van der Waals surface area contributed by atoms with Crippen LogP contribution in [0.5, 0.6) is 0 Å². The summed E-state index contributed by atoms with van der Waals surface area (Å²) in [5.41, 5.74) is 0. The first-order valence-electron chi connectivity index (χ1n) is 7.51. The van der Waals surface area contributed by atoms with Crippen LogP contribution in [0.2, 0.25) is 0 Å². The summed E-state index contributed by atoms with van der Waals surface area (Å²) < 4.78 is 0. The van der Waals surface area contributed by atoms with Crippen molar-refractivity contribution < 1.29 is 14.7 Å². The molecular formula is C17H25NO3. The van der Waals surface area contributed by atoms with Crippen molar-refractivity contribution in [1.29, 1.82) is 0 Å². The Bertz CT molecular complexity index is 431. The van der Waals surface area contributed by atoms with E-state index in [1.54, 1.807) is 17.1 Å². The third-order valence-electron chi connectivity index (χ3n) is 4.04. The minimum absolute atomic E-state index is 0.00534. The molecule has 1 amide bonds. The lowest BCUT2D eigenvalue weighted by molar-refractivity contribution is -0.150. The fraction of sp³-hybridized carbons (Fsp3) is 0.529. The van der Waals surface area contributed by atoms with Gasteiger partial charge in [-0.05, 0) is 18.3 Å². The topological polar surface area (TPSA) is 57.6 Å². The molecule has 0 aromatic heterocycles. The second-order valence-electron chi connectivity index (χ2n) is 5.16. The smallest absolute Gasteiger partial charge is 0.307 e. The van der Waals surface area contributed by atoms with Crippen molar-refractivity contribution in [2.45, 2.75) is 20.3 Å². The van der Waals surface area contributed by atoms with E-state index in [-0.39, 0.29) is 17.7 Å². The quantitative estimate of drug-likeness (QED) is 0.766. The Labute approximate surface area is 126 Å². The summed E-state index contributed by atoms with van der Waals surface area (Å²) in [6, 6.07) is 0. The van der Waals surface area contributed by atoms with Gasteiger partial charge >= 0.3 is 5.97 Å². The first-order chi connectivity index (χ1) is 10.1. The van der Waals surface area contributed by atoms with Crippen molar-refractivity contribution in [2.75, 3.05) is 13.1 Å². The molecule has 4 unspecified atom stereocenters. The Morgan fingerprint density at radius 3 is 2.05 bits per heavy atom. The van der Waals surface area contributed by atoms with E-state index >= 15 is 0 Å². The molecule has 0 radical (unpaired) electrons. The molecule has 4 nitrogen and oxygen atoms in total. The summed E-state index contributed by atoms with van der Waals surface area (Å²) in [5.74, 6) is -1.91. The summed E-state index contributed by atoms with van der Waals surface area (Å²) >= 11 is 0. The van der Waals surface area contributed by atoms with Gasteiger partial charge in [-0.1, -0.05) is 38.2 Å². The van der Waals surface area contributed by atoms with E-state index in [4.69, 9.17) is 0 Å². The summed E-state index contributed by atoms with van der Waals surface area (Å²) in [5, 5.41) is 9.35. The Kier molecular flexibility index (Phi) is 6.40. The van der Waals surface area contributed by atoms with Crippen molar-refractivity contribution in [2.24, 2.45) is 23.7 Å². The van der Waals surface area contributed by atoms with Gasteiger partial charge < -0.3 is 10.0 Å². The second kappa shape index (κ2) is 7.81. The lowest BCUT2D eigenvalue weighted by Gasteiger charge is -2.29. The van der Waals surface area contributed by atoms with Gasteiger partial charge in [0, 0.05) is 13.1 Å². The lowest BCUT2D eigenvalue weighted by Crippen LogP contribution is -2.43. The fourth-order valence-corrected chi connectivity index (χ4v) is 3.27. The summed E-state index contributed by atoms with van der Waals surface area (Å²) in [6.07, 6.45) is 8.02. The van der Waals surface area contributed by atoms with E-state index in [1.165, 1.54) is 0 Å². The first-order valence-corrected chi connectivity index (χ1v) is 7.51. The van der Waals surface area contributed by atoms with Crippen LogP contribution in [-0.4, -0.2) is 35.0 Å². The van der Waals surface area contributed by atoms with Crippen LogP contribution in [0.4, 0.5) is 0 Å². The monoisotopic (exact) mass is 291 g/mol. The number of carbonyl (C=O) groups is 2. The maximum atomic E-state index is 12.6. The molecule has 4 atom stereocenters. The Balaban J connectivity index is 0.00000106. The van der Waals surface area contributed by atoms with E-state index in [9.17, 15) is 14.7 Å². The molecule has 0 aliphatic heterocycles. The first kappa shape index (κ1) is 17.2. The highest BCUT2D eigenvalue weighted by molar-refractivity contribution is 5.87. The van der Waals surface area contributed by atoms with Crippen LogP contribution in [-0.2, 0) is 9.59 Å². The van der Waals surface area contributed by atoms with E-state index in [2.05, 4.69) is 13.2 Å². The Morgan fingerprint density at radius 2 is 1.62 bits per heavy atom. The number of nitrogens with zero attached hydrogens (tertiary/aromatic N) is 1. The minimum atomic E-state index is -0.868. The molecule has 4 heteroatoms. The molecule has 0 aromatic carbocycles. The summed E-state index contributed by atoms with van der Waals surface area (Å²) in [4.78, 5) is 25.6. The number of amides is 1. The van der Waals surface area contributed by atoms with Gasteiger partial charge in [0.1, 0.15) is 0 Å². The van der Waals surface area contributed by atoms with Crippen molar-refractivity contribution in [3.63, 3.8) is 0 Å². The number of carboxylic acids is 1. The van der Waals surface area contributed by atoms with Crippen LogP contribution in [0.1, 0.15) is 20.3 Å². The van der Waals surface area contributed by atoms with Gasteiger partial charge in [-0.2, -0.15) is 0 Å².